The number of fused-ring (bicyclic) bond motifs is 9. The van der Waals surface area contributed by atoms with E-state index in [0.717, 1.165) is 38.9 Å². The molecule has 0 radical (unpaired) electrons. The third-order valence-electron chi connectivity index (χ3n) is 11.7. The average molecular weight is 727 g/mol. The normalized spacial score (nSPS) is 11.9. The molecule has 0 aliphatic carbocycles. The van der Waals surface area contributed by atoms with Crippen LogP contribution in [0.3, 0.4) is 0 Å². The van der Waals surface area contributed by atoms with Gasteiger partial charge in [0.05, 0.1) is 22.1 Å². The summed E-state index contributed by atoms with van der Waals surface area (Å²) in [6.45, 7) is 0. The van der Waals surface area contributed by atoms with Crippen molar-refractivity contribution in [2.75, 3.05) is 0 Å². The summed E-state index contributed by atoms with van der Waals surface area (Å²) in [4.78, 5) is 0. The molecule has 0 saturated carbocycles. The van der Waals surface area contributed by atoms with Gasteiger partial charge >= 0.3 is 0 Å². The van der Waals surface area contributed by atoms with Crippen molar-refractivity contribution in [3.8, 4) is 44.8 Å². The molecule has 0 N–H and O–H groups in total. The summed E-state index contributed by atoms with van der Waals surface area (Å²) in [6.07, 6.45) is 0. The van der Waals surface area contributed by atoms with Gasteiger partial charge in [0.1, 0.15) is 11.2 Å². The van der Waals surface area contributed by atoms with Crippen molar-refractivity contribution < 1.29 is 4.42 Å². The summed E-state index contributed by atoms with van der Waals surface area (Å²) in [5, 5.41) is 7.12. The Hall–Kier alpha value is -7.62. The maximum absolute atomic E-state index is 6.48. The van der Waals surface area contributed by atoms with Crippen molar-refractivity contribution in [1.82, 2.24) is 9.13 Å². The summed E-state index contributed by atoms with van der Waals surface area (Å²) in [6, 6.07) is 74.6. The number of hydrogen-bond donors (Lipinski definition) is 0. The zero-order valence-corrected chi connectivity index (χ0v) is 30.9. The van der Waals surface area contributed by atoms with Gasteiger partial charge in [-0.2, -0.15) is 0 Å². The van der Waals surface area contributed by atoms with Gasteiger partial charge in [-0.25, -0.2) is 0 Å². The van der Waals surface area contributed by atoms with Crippen LogP contribution in [-0.2, 0) is 0 Å². The van der Waals surface area contributed by atoms with E-state index in [0.29, 0.717) is 0 Å². The number of rotatable bonds is 5. The van der Waals surface area contributed by atoms with Gasteiger partial charge in [0, 0.05) is 49.3 Å². The number of aromatic nitrogens is 2. The maximum Gasteiger partial charge on any atom is 0.135 e. The first-order valence-electron chi connectivity index (χ1n) is 19.5. The van der Waals surface area contributed by atoms with Crippen LogP contribution >= 0.6 is 0 Å². The molecule has 266 valence electrons. The van der Waals surface area contributed by atoms with Gasteiger partial charge < -0.3 is 13.6 Å². The number of hydrogen-bond acceptors (Lipinski definition) is 1. The molecule has 0 bridgehead atoms. The highest BCUT2D eigenvalue weighted by atomic mass is 16.3. The highest BCUT2D eigenvalue weighted by molar-refractivity contribution is 6.18. The molecule has 3 aromatic heterocycles. The zero-order valence-electron chi connectivity index (χ0n) is 30.9. The average Bonchev–Trinajstić information content (AvgIpc) is 3.94. The molecule has 0 amide bonds. The SMILES string of the molecule is c1ccc(-c2ccc3oc4ccc(-c5cc6c7ccccc7n(-c7ccccc7)c6cc5-c5cccc6c7ccccc7n(-c7ccccc7)c56)cc4c3c2)cc1. The monoisotopic (exact) mass is 726 g/mol. The molecule has 12 aromatic rings. The van der Waals surface area contributed by atoms with Crippen LogP contribution in [0.1, 0.15) is 0 Å². The molecule has 0 aliphatic heterocycles. The molecule has 0 unspecified atom stereocenters. The van der Waals surface area contributed by atoms with E-state index < -0.39 is 0 Å². The fraction of sp³-hybridized carbons (Fsp3) is 0. The molecule has 3 heterocycles. The van der Waals surface area contributed by atoms with Gasteiger partial charge in [0.2, 0.25) is 0 Å². The Labute approximate surface area is 328 Å². The van der Waals surface area contributed by atoms with Crippen LogP contribution < -0.4 is 0 Å². The van der Waals surface area contributed by atoms with Gasteiger partial charge in [-0.1, -0.05) is 133 Å². The predicted octanol–water partition coefficient (Wildman–Crippen LogP) is 14.8. The second-order valence-corrected chi connectivity index (χ2v) is 14.9. The Kier molecular flexibility index (Phi) is 6.93. The van der Waals surface area contributed by atoms with E-state index in [-0.39, 0.29) is 0 Å². The third-order valence-corrected chi connectivity index (χ3v) is 11.7. The molecular formula is C54H34N2O. The molecule has 0 aliphatic rings. The Balaban J connectivity index is 1.21. The third kappa shape index (κ3) is 4.86. The number of benzene rings is 9. The van der Waals surface area contributed by atoms with Gasteiger partial charge in [-0.05, 0) is 101 Å². The lowest BCUT2D eigenvalue weighted by atomic mass is 9.90. The molecule has 3 nitrogen and oxygen atoms in total. The van der Waals surface area contributed by atoms with Crippen LogP contribution in [0.5, 0.6) is 0 Å². The molecule has 0 spiro atoms. The van der Waals surface area contributed by atoms with Crippen molar-refractivity contribution in [2.24, 2.45) is 0 Å². The molecule has 0 fully saturated rings. The lowest BCUT2D eigenvalue weighted by molar-refractivity contribution is 0.669. The largest absolute Gasteiger partial charge is 0.456 e. The summed E-state index contributed by atoms with van der Waals surface area (Å²) < 4.78 is 11.3. The summed E-state index contributed by atoms with van der Waals surface area (Å²) in [5.74, 6) is 0. The Bertz CT molecular complexity index is 3500. The van der Waals surface area contributed by atoms with E-state index >= 15 is 0 Å². The fourth-order valence-corrected chi connectivity index (χ4v) is 9.17. The number of para-hydroxylation sites is 5. The van der Waals surface area contributed by atoms with Crippen molar-refractivity contribution in [2.45, 2.75) is 0 Å². The fourth-order valence-electron chi connectivity index (χ4n) is 9.17. The maximum atomic E-state index is 6.48. The van der Waals surface area contributed by atoms with E-state index in [1.807, 2.05) is 0 Å². The lowest BCUT2D eigenvalue weighted by Crippen LogP contribution is -1.97. The molecule has 9 aromatic carbocycles. The molecule has 57 heavy (non-hydrogen) atoms. The van der Waals surface area contributed by atoms with E-state index in [9.17, 15) is 0 Å². The van der Waals surface area contributed by atoms with Gasteiger partial charge in [-0.15, -0.1) is 0 Å². The van der Waals surface area contributed by atoms with Gasteiger partial charge in [0.25, 0.3) is 0 Å². The van der Waals surface area contributed by atoms with Crippen molar-refractivity contribution >= 4 is 65.6 Å². The van der Waals surface area contributed by atoms with Crippen LogP contribution in [0, 0.1) is 0 Å². The quantitative estimate of drug-likeness (QED) is 0.173. The summed E-state index contributed by atoms with van der Waals surface area (Å²) in [5.41, 5.74) is 15.8. The van der Waals surface area contributed by atoms with Crippen molar-refractivity contribution in [3.05, 3.63) is 206 Å². The Morgan fingerprint density at radius 3 is 1.53 bits per heavy atom. The van der Waals surface area contributed by atoms with Crippen LogP contribution in [0.4, 0.5) is 0 Å². The number of nitrogens with zero attached hydrogens (tertiary/aromatic N) is 2. The topological polar surface area (TPSA) is 23.0 Å². The van der Waals surface area contributed by atoms with Crippen LogP contribution in [0.25, 0.3) is 110 Å². The molecule has 3 heteroatoms. The van der Waals surface area contributed by atoms with Crippen molar-refractivity contribution in [1.29, 1.82) is 0 Å². The first kappa shape index (κ1) is 31.7. The van der Waals surface area contributed by atoms with Crippen LogP contribution in [0.2, 0.25) is 0 Å². The van der Waals surface area contributed by atoms with Gasteiger partial charge in [0.15, 0.2) is 0 Å². The molecular weight excluding hydrogens is 693 g/mol. The Morgan fingerprint density at radius 2 is 0.825 bits per heavy atom. The van der Waals surface area contributed by atoms with Crippen molar-refractivity contribution in [3.63, 3.8) is 0 Å². The number of furan rings is 1. The highest BCUT2D eigenvalue weighted by Gasteiger charge is 2.22. The minimum atomic E-state index is 0.883. The van der Waals surface area contributed by atoms with E-state index in [1.165, 1.54) is 71.4 Å². The minimum Gasteiger partial charge on any atom is -0.456 e. The van der Waals surface area contributed by atoms with E-state index in [1.54, 1.807) is 0 Å². The Morgan fingerprint density at radius 1 is 0.281 bits per heavy atom. The molecule has 12 rings (SSSR count). The molecule has 0 atom stereocenters. The highest BCUT2D eigenvalue weighted by Crippen LogP contribution is 2.46. The minimum absolute atomic E-state index is 0.883. The standard InChI is InChI=1S/C54H34N2O/c1-4-15-35(16-5-1)36-27-29-52-47(31-36)48-32-37(28-30-53(48)57-52)44-33-46-41-22-11-12-25-49(41)55(38-17-6-2-7-18-38)51(46)34-45(44)43-24-14-23-42-40-21-10-13-26-50(40)56(54(42)43)39-19-8-3-9-20-39/h1-34H. The van der Waals surface area contributed by atoms with E-state index in [4.69, 9.17) is 4.42 Å². The second-order valence-electron chi connectivity index (χ2n) is 14.9. The smallest absolute Gasteiger partial charge is 0.135 e. The second kappa shape index (κ2) is 12.5. The first-order chi connectivity index (χ1) is 28.3. The summed E-state index contributed by atoms with van der Waals surface area (Å²) in [7, 11) is 0. The van der Waals surface area contributed by atoms with Crippen LogP contribution in [-0.4, -0.2) is 9.13 Å². The van der Waals surface area contributed by atoms with Crippen LogP contribution in [0.15, 0.2) is 211 Å². The van der Waals surface area contributed by atoms with E-state index in [2.05, 4.69) is 215 Å². The first-order valence-corrected chi connectivity index (χ1v) is 19.5. The van der Waals surface area contributed by atoms with Gasteiger partial charge in [-0.3, -0.25) is 0 Å². The lowest BCUT2D eigenvalue weighted by Gasteiger charge is -2.16. The molecule has 0 saturated heterocycles. The summed E-state index contributed by atoms with van der Waals surface area (Å²) >= 11 is 0. The zero-order chi connectivity index (χ0) is 37.5. The predicted molar refractivity (Wildman–Crippen MR) is 239 cm³/mol.